The summed E-state index contributed by atoms with van der Waals surface area (Å²) in [6, 6.07) is 19.2. The number of carbonyl (C=O) groups excluding carboxylic acids is 1. The molecule has 0 unspecified atom stereocenters. The molecule has 0 spiro atoms. The normalized spacial score (nSPS) is 12.3. The van der Waals surface area contributed by atoms with Crippen molar-refractivity contribution >= 4 is 32.9 Å². The van der Waals surface area contributed by atoms with E-state index in [4.69, 9.17) is 0 Å². The third-order valence-corrected chi connectivity index (χ3v) is 7.61. The van der Waals surface area contributed by atoms with E-state index in [1.54, 1.807) is 41.8 Å². The number of thiophene rings is 1. The van der Waals surface area contributed by atoms with Crippen LogP contribution in [0, 0.1) is 6.92 Å². The summed E-state index contributed by atoms with van der Waals surface area (Å²) in [5, 5.41) is 6.26. The van der Waals surface area contributed by atoms with Crippen molar-refractivity contribution in [2.24, 2.45) is 0 Å². The minimum absolute atomic E-state index is 0.0258. The zero-order valence-electron chi connectivity index (χ0n) is 14.8. The van der Waals surface area contributed by atoms with E-state index < -0.39 is 21.1 Å². The number of aryl methyl sites for hydroxylation is 1. The van der Waals surface area contributed by atoms with Crippen LogP contribution in [0.3, 0.4) is 0 Å². The molecule has 2 aromatic carbocycles. The fourth-order valence-corrected chi connectivity index (χ4v) is 5.50. The number of carbonyl (C=O) groups is 1. The van der Waals surface area contributed by atoms with Crippen molar-refractivity contribution in [2.45, 2.75) is 16.4 Å². The number of amides is 2. The molecule has 27 heavy (non-hydrogen) atoms. The molecule has 7 heteroatoms. The molecule has 0 fully saturated rings. The van der Waals surface area contributed by atoms with Crippen molar-refractivity contribution in [3.63, 3.8) is 0 Å². The van der Waals surface area contributed by atoms with Gasteiger partial charge in [-0.1, -0.05) is 54.1 Å². The first kappa shape index (κ1) is 19.1. The van der Waals surface area contributed by atoms with E-state index in [0.29, 0.717) is 15.5 Å². The topological polar surface area (TPSA) is 75.3 Å². The Kier molecular flexibility index (Phi) is 5.93. The molecular weight excluding hydrogens is 380 g/mol. The predicted octanol–water partition coefficient (Wildman–Crippen LogP) is 4.39. The molecule has 0 saturated heterocycles. The summed E-state index contributed by atoms with van der Waals surface area (Å²) in [5.41, 5.74) is 2.33. The second-order valence-corrected chi connectivity index (χ2v) is 9.38. The highest BCUT2D eigenvalue weighted by Crippen LogP contribution is 2.31. The fraction of sp³-hybridized carbons (Fsp3) is 0.150. The lowest BCUT2D eigenvalue weighted by atomic mass is 10.1. The minimum atomic E-state index is -3.62. The van der Waals surface area contributed by atoms with E-state index in [1.165, 1.54) is 11.3 Å². The Morgan fingerprint density at radius 2 is 1.70 bits per heavy atom. The van der Waals surface area contributed by atoms with E-state index in [-0.39, 0.29) is 6.54 Å². The molecule has 0 radical (unpaired) electrons. The summed E-state index contributed by atoms with van der Waals surface area (Å²) in [6.45, 7) is 1.92. The maximum Gasteiger partial charge on any atom is 0.319 e. The van der Waals surface area contributed by atoms with Gasteiger partial charge in [-0.05, 0) is 36.1 Å². The molecule has 0 aliphatic rings. The zero-order valence-corrected chi connectivity index (χ0v) is 16.4. The summed E-state index contributed by atoms with van der Waals surface area (Å²) >= 11 is 1.18. The number of rotatable bonds is 6. The maximum atomic E-state index is 13.1. The summed E-state index contributed by atoms with van der Waals surface area (Å²) in [5.74, 6) is 0. The van der Waals surface area contributed by atoms with Crippen molar-refractivity contribution in [2.75, 3.05) is 11.9 Å². The van der Waals surface area contributed by atoms with Crippen molar-refractivity contribution in [3.05, 3.63) is 83.2 Å². The highest BCUT2D eigenvalue weighted by atomic mass is 32.2. The van der Waals surface area contributed by atoms with Gasteiger partial charge in [0.25, 0.3) is 0 Å². The molecular formula is C20H20N2O3S2. The van der Waals surface area contributed by atoms with Crippen LogP contribution in [-0.4, -0.2) is 21.0 Å². The highest BCUT2D eigenvalue weighted by Gasteiger charge is 2.30. The molecule has 0 saturated carbocycles. The van der Waals surface area contributed by atoms with E-state index >= 15 is 0 Å². The Balaban J connectivity index is 1.80. The summed E-state index contributed by atoms with van der Waals surface area (Å²) in [4.78, 5) is 12.2. The molecule has 2 amide bonds. The van der Waals surface area contributed by atoms with Crippen LogP contribution in [-0.2, 0) is 9.84 Å². The number of anilines is 1. The standard InChI is InChI=1S/C20H20N2O3S2/c1-15-9-11-16(12-10-15)18(27(24,25)19-8-5-13-26-19)14-21-20(23)22-17-6-3-2-4-7-17/h2-13,18H,14H2,1H3,(H2,21,22,23)/t18-/m1/s1. The Hall–Kier alpha value is -2.64. The maximum absolute atomic E-state index is 13.1. The summed E-state index contributed by atoms with van der Waals surface area (Å²) in [6.07, 6.45) is 0. The van der Waals surface area contributed by atoms with E-state index in [9.17, 15) is 13.2 Å². The average Bonchev–Trinajstić information content (AvgIpc) is 3.20. The monoisotopic (exact) mass is 400 g/mol. The number of benzene rings is 2. The van der Waals surface area contributed by atoms with Crippen molar-refractivity contribution in [3.8, 4) is 0 Å². The lowest BCUT2D eigenvalue weighted by Crippen LogP contribution is -2.34. The Morgan fingerprint density at radius 3 is 2.33 bits per heavy atom. The first-order valence-electron chi connectivity index (χ1n) is 8.40. The van der Waals surface area contributed by atoms with Crippen molar-refractivity contribution < 1.29 is 13.2 Å². The second-order valence-electron chi connectivity index (χ2n) is 6.08. The second kappa shape index (κ2) is 8.37. The largest absolute Gasteiger partial charge is 0.336 e. The lowest BCUT2D eigenvalue weighted by molar-refractivity contribution is 0.252. The molecule has 5 nitrogen and oxygen atoms in total. The van der Waals surface area contributed by atoms with Gasteiger partial charge < -0.3 is 10.6 Å². The van der Waals surface area contributed by atoms with Gasteiger partial charge in [0.05, 0.1) is 0 Å². The average molecular weight is 401 g/mol. The van der Waals surface area contributed by atoms with E-state index in [2.05, 4.69) is 10.6 Å². The molecule has 1 atom stereocenters. The van der Waals surface area contributed by atoms with Crippen LogP contribution in [0.25, 0.3) is 0 Å². The molecule has 1 heterocycles. The zero-order chi connectivity index (χ0) is 19.3. The molecule has 2 N–H and O–H groups in total. The molecule has 3 aromatic rings. The van der Waals surface area contributed by atoms with Crippen LogP contribution in [0.2, 0.25) is 0 Å². The third kappa shape index (κ3) is 4.75. The van der Waals surface area contributed by atoms with Crippen LogP contribution in [0.5, 0.6) is 0 Å². The first-order chi connectivity index (χ1) is 13.0. The van der Waals surface area contributed by atoms with Crippen LogP contribution in [0.4, 0.5) is 10.5 Å². The van der Waals surface area contributed by atoms with Gasteiger partial charge in [0.1, 0.15) is 9.46 Å². The minimum Gasteiger partial charge on any atom is -0.336 e. The van der Waals surface area contributed by atoms with Gasteiger partial charge in [0.2, 0.25) is 0 Å². The highest BCUT2D eigenvalue weighted by molar-refractivity contribution is 7.93. The van der Waals surface area contributed by atoms with Crippen molar-refractivity contribution in [1.82, 2.24) is 5.32 Å². The number of sulfone groups is 1. The Labute approximate surface area is 163 Å². The van der Waals surface area contributed by atoms with Gasteiger partial charge in [-0.15, -0.1) is 11.3 Å². The Morgan fingerprint density at radius 1 is 1.00 bits per heavy atom. The molecule has 1 aromatic heterocycles. The fourth-order valence-electron chi connectivity index (χ4n) is 2.64. The molecule has 140 valence electrons. The van der Waals surface area contributed by atoms with Gasteiger partial charge in [0.15, 0.2) is 9.84 Å². The van der Waals surface area contributed by atoms with Crippen LogP contribution >= 0.6 is 11.3 Å². The summed E-state index contributed by atoms with van der Waals surface area (Å²) < 4.78 is 26.5. The number of para-hydroxylation sites is 1. The van der Waals surface area contributed by atoms with Gasteiger partial charge in [-0.25, -0.2) is 13.2 Å². The van der Waals surface area contributed by atoms with E-state index in [1.807, 2.05) is 37.3 Å². The van der Waals surface area contributed by atoms with Gasteiger partial charge in [-0.2, -0.15) is 0 Å². The molecule has 0 aliphatic carbocycles. The number of nitrogens with one attached hydrogen (secondary N) is 2. The van der Waals surface area contributed by atoms with Crippen LogP contribution in [0.15, 0.2) is 76.3 Å². The third-order valence-electron chi connectivity index (χ3n) is 4.08. The molecule has 0 bridgehead atoms. The molecule has 0 aliphatic heterocycles. The van der Waals surface area contributed by atoms with Crippen LogP contribution < -0.4 is 10.6 Å². The van der Waals surface area contributed by atoms with Gasteiger partial charge in [0, 0.05) is 12.2 Å². The lowest BCUT2D eigenvalue weighted by Gasteiger charge is -2.18. The van der Waals surface area contributed by atoms with Crippen molar-refractivity contribution in [1.29, 1.82) is 0 Å². The predicted molar refractivity (Wildman–Crippen MR) is 109 cm³/mol. The number of hydrogen-bond acceptors (Lipinski definition) is 4. The quantitative estimate of drug-likeness (QED) is 0.644. The smallest absolute Gasteiger partial charge is 0.319 e. The van der Waals surface area contributed by atoms with E-state index in [0.717, 1.165) is 5.56 Å². The number of urea groups is 1. The van der Waals surface area contributed by atoms with Gasteiger partial charge >= 0.3 is 6.03 Å². The SMILES string of the molecule is Cc1ccc([C@@H](CNC(=O)Nc2ccccc2)S(=O)(=O)c2cccs2)cc1. The van der Waals surface area contributed by atoms with Gasteiger partial charge in [-0.3, -0.25) is 0 Å². The summed E-state index contributed by atoms with van der Waals surface area (Å²) in [7, 11) is -3.62. The number of hydrogen-bond donors (Lipinski definition) is 2. The Bertz CT molecular complexity index is 983. The molecule has 3 rings (SSSR count). The van der Waals surface area contributed by atoms with Crippen LogP contribution in [0.1, 0.15) is 16.4 Å². The first-order valence-corrected chi connectivity index (χ1v) is 10.8.